The Morgan fingerprint density at radius 1 is 0.943 bits per heavy atom. The first-order valence-electron chi connectivity index (χ1n) is 10.6. The third-order valence-corrected chi connectivity index (χ3v) is 5.01. The largest absolute Gasteiger partial charge is 0.423 e. The standard InChI is InChI=1S/C26H20N4O5/c31-25(17-27-24-10-4-7-19-6-1-2-9-23(19)24)29-28-16-18-5-3-8-22(15-18)35-26(32)20-11-13-21(14-12-20)30(33)34/h1-16,27H,17H2,(H,29,31)/b28-16+. The third kappa shape index (κ3) is 6.05. The molecule has 1 amide bonds. The summed E-state index contributed by atoms with van der Waals surface area (Å²) in [6, 6.07) is 25.4. The summed E-state index contributed by atoms with van der Waals surface area (Å²) in [6.45, 7) is 0.0399. The summed E-state index contributed by atoms with van der Waals surface area (Å²) in [7, 11) is 0. The molecule has 9 nitrogen and oxygen atoms in total. The Labute approximate surface area is 200 Å². The number of nitro groups is 1. The minimum absolute atomic E-state index is 0.0399. The molecule has 0 saturated heterocycles. The number of fused-ring (bicyclic) bond motifs is 1. The number of esters is 1. The van der Waals surface area contributed by atoms with E-state index in [-0.39, 0.29) is 29.5 Å². The van der Waals surface area contributed by atoms with Crippen molar-refractivity contribution in [2.45, 2.75) is 0 Å². The van der Waals surface area contributed by atoms with Crippen LogP contribution in [0.25, 0.3) is 10.8 Å². The molecule has 4 rings (SSSR count). The van der Waals surface area contributed by atoms with Crippen LogP contribution in [0.15, 0.2) is 96.1 Å². The van der Waals surface area contributed by atoms with E-state index in [2.05, 4.69) is 15.8 Å². The molecular weight excluding hydrogens is 448 g/mol. The van der Waals surface area contributed by atoms with Crippen LogP contribution in [-0.2, 0) is 4.79 Å². The maximum Gasteiger partial charge on any atom is 0.343 e. The van der Waals surface area contributed by atoms with E-state index in [9.17, 15) is 19.7 Å². The number of carbonyl (C=O) groups is 2. The maximum atomic E-state index is 12.3. The summed E-state index contributed by atoms with van der Waals surface area (Å²) >= 11 is 0. The zero-order valence-corrected chi connectivity index (χ0v) is 18.4. The van der Waals surface area contributed by atoms with E-state index in [1.807, 2.05) is 42.5 Å². The minimum atomic E-state index is -0.651. The first-order chi connectivity index (χ1) is 17.0. The van der Waals surface area contributed by atoms with Gasteiger partial charge in [-0.1, -0.05) is 48.5 Å². The number of carbonyl (C=O) groups excluding carboxylic acids is 2. The molecule has 0 radical (unpaired) electrons. The molecule has 174 valence electrons. The number of hydrogen-bond donors (Lipinski definition) is 2. The van der Waals surface area contributed by atoms with Gasteiger partial charge in [0.1, 0.15) is 5.75 Å². The van der Waals surface area contributed by atoms with Gasteiger partial charge in [0.2, 0.25) is 0 Å². The van der Waals surface area contributed by atoms with Crippen molar-refractivity contribution in [2.75, 3.05) is 11.9 Å². The SMILES string of the molecule is O=C(CNc1cccc2ccccc12)N/N=C/c1cccc(OC(=O)c2ccc([N+](=O)[O-])cc2)c1. The molecule has 0 saturated carbocycles. The van der Waals surface area contributed by atoms with Gasteiger partial charge < -0.3 is 10.1 Å². The van der Waals surface area contributed by atoms with Gasteiger partial charge in [-0.05, 0) is 41.3 Å². The van der Waals surface area contributed by atoms with E-state index in [0.29, 0.717) is 5.56 Å². The third-order valence-electron chi connectivity index (χ3n) is 5.01. The molecule has 0 aliphatic rings. The van der Waals surface area contributed by atoms with Gasteiger partial charge in [-0.2, -0.15) is 5.10 Å². The molecule has 0 heterocycles. The van der Waals surface area contributed by atoms with Crippen molar-refractivity contribution in [3.05, 3.63) is 112 Å². The summed E-state index contributed by atoms with van der Waals surface area (Å²) in [6.07, 6.45) is 1.43. The van der Waals surface area contributed by atoms with Gasteiger partial charge in [-0.3, -0.25) is 14.9 Å². The van der Waals surface area contributed by atoms with Gasteiger partial charge >= 0.3 is 5.97 Å². The maximum absolute atomic E-state index is 12.3. The van der Waals surface area contributed by atoms with E-state index in [0.717, 1.165) is 16.5 Å². The van der Waals surface area contributed by atoms with Crippen molar-refractivity contribution in [1.82, 2.24) is 5.43 Å². The molecule has 4 aromatic rings. The lowest BCUT2D eigenvalue weighted by Crippen LogP contribution is -2.25. The number of anilines is 1. The van der Waals surface area contributed by atoms with E-state index in [1.165, 1.54) is 30.5 Å². The number of nitrogens with zero attached hydrogens (tertiary/aromatic N) is 2. The molecule has 35 heavy (non-hydrogen) atoms. The van der Waals surface area contributed by atoms with Gasteiger partial charge in [0, 0.05) is 23.2 Å². The number of nitro benzene ring substituents is 1. The normalized spacial score (nSPS) is 10.7. The van der Waals surface area contributed by atoms with E-state index >= 15 is 0 Å². The highest BCUT2D eigenvalue weighted by Gasteiger charge is 2.12. The average Bonchev–Trinajstić information content (AvgIpc) is 2.87. The van der Waals surface area contributed by atoms with Crippen LogP contribution in [0.2, 0.25) is 0 Å². The van der Waals surface area contributed by atoms with Gasteiger partial charge in [-0.15, -0.1) is 0 Å². The van der Waals surface area contributed by atoms with Crippen LogP contribution in [-0.4, -0.2) is 29.6 Å². The predicted molar refractivity (Wildman–Crippen MR) is 133 cm³/mol. The molecule has 9 heteroatoms. The Morgan fingerprint density at radius 2 is 1.69 bits per heavy atom. The lowest BCUT2D eigenvalue weighted by molar-refractivity contribution is -0.384. The van der Waals surface area contributed by atoms with Crippen LogP contribution >= 0.6 is 0 Å². The molecule has 0 spiro atoms. The monoisotopic (exact) mass is 468 g/mol. The molecule has 0 fully saturated rings. The number of rotatable bonds is 8. The quantitative estimate of drug-likeness (QED) is 0.129. The second-order valence-corrected chi connectivity index (χ2v) is 7.44. The molecule has 0 unspecified atom stereocenters. The number of ether oxygens (including phenoxy) is 1. The van der Waals surface area contributed by atoms with Crippen molar-refractivity contribution >= 4 is 40.2 Å². The zero-order valence-electron chi connectivity index (χ0n) is 18.4. The second-order valence-electron chi connectivity index (χ2n) is 7.44. The molecule has 0 aliphatic heterocycles. The second kappa shape index (κ2) is 10.7. The Morgan fingerprint density at radius 3 is 2.49 bits per heavy atom. The van der Waals surface area contributed by atoms with Crippen LogP contribution in [0.3, 0.4) is 0 Å². The minimum Gasteiger partial charge on any atom is -0.423 e. The summed E-state index contributed by atoms with van der Waals surface area (Å²) in [5, 5.41) is 19.9. The highest BCUT2D eigenvalue weighted by Crippen LogP contribution is 2.22. The fourth-order valence-electron chi connectivity index (χ4n) is 3.32. The lowest BCUT2D eigenvalue weighted by Gasteiger charge is -2.08. The van der Waals surface area contributed by atoms with Gasteiger partial charge in [0.05, 0.1) is 23.2 Å². The smallest absolute Gasteiger partial charge is 0.343 e. The number of hydrazone groups is 1. The van der Waals surface area contributed by atoms with E-state index < -0.39 is 10.9 Å². The summed E-state index contributed by atoms with van der Waals surface area (Å²) in [5.74, 6) is -0.710. The molecule has 4 aromatic carbocycles. The number of nitrogens with one attached hydrogen (secondary N) is 2. The fraction of sp³-hybridized carbons (Fsp3) is 0.0385. The lowest BCUT2D eigenvalue weighted by atomic mass is 10.1. The van der Waals surface area contributed by atoms with Crippen LogP contribution in [0.4, 0.5) is 11.4 Å². The van der Waals surface area contributed by atoms with Crippen LogP contribution in [0, 0.1) is 10.1 Å². The molecule has 0 aromatic heterocycles. The van der Waals surface area contributed by atoms with E-state index in [1.54, 1.807) is 24.3 Å². The summed E-state index contributed by atoms with van der Waals surface area (Å²) in [5.41, 5.74) is 3.97. The number of hydrogen-bond acceptors (Lipinski definition) is 7. The predicted octanol–water partition coefficient (Wildman–Crippen LogP) is 4.53. The van der Waals surface area contributed by atoms with Gasteiger partial charge in [0.25, 0.3) is 11.6 Å². The van der Waals surface area contributed by atoms with Crippen LogP contribution < -0.4 is 15.5 Å². The highest BCUT2D eigenvalue weighted by atomic mass is 16.6. The van der Waals surface area contributed by atoms with Crippen molar-refractivity contribution in [3.8, 4) is 5.75 Å². The number of amides is 1. The van der Waals surface area contributed by atoms with Crippen LogP contribution in [0.1, 0.15) is 15.9 Å². The number of non-ortho nitro benzene ring substituents is 1. The fourth-order valence-corrected chi connectivity index (χ4v) is 3.32. The van der Waals surface area contributed by atoms with Gasteiger partial charge in [0.15, 0.2) is 0 Å². The van der Waals surface area contributed by atoms with Gasteiger partial charge in [-0.25, -0.2) is 10.2 Å². The highest BCUT2D eigenvalue weighted by molar-refractivity contribution is 5.95. The first-order valence-corrected chi connectivity index (χ1v) is 10.6. The summed E-state index contributed by atoms with van der Waals surface area (Å²) < 4.78 is 5.32. The van der Waals surface area contributed by atoms with Crippen molar-refractivity contribution < 1.29 is 19.2 Å². The Hall–Kier alpha value is -5.05. The van der Waals surface area contributed by atoms with Crippen molar-refractivity contribution in [2.24, 2.45) is 5.10 Å². The topological polar surface area (TPSA) is 123 Å². The Balaban J connectivity index is 1.31. The van der Waals surface area contributed by atoms with Crippen molar-refractivity contribution in [3.63, 3.8) is 0 Å². The molecular formula is C26H20N4O5. The zero-order chi connectivity index (χ0) is 24.6. The van der Waals surface area contributed by atoms with E-state index in [4.69, 9.17) is 4.74 Å². The molecule has 2 N–H and O–H groups in total. The van der Waals surface area contributed by atoms with Crippen molar-refractivity contribution in [1.29, 1.82) is 0 Å². The molecule has 0 aliphatic carbocycles. The molecule has 0 atom stereocenters. The average molecular weight is 468 g/mol. The molecule has 0 bridgehead atoms. The first kappa shape index (κ1) is 23.1. The Bertz CT molecular complexity index is 1410. The summed E-state index contributed by atoms with van der Waals surface area (Å²) in [4.78, 5) is 34.7. The number of benzene rings is 4. The van der Waals surface area contributed by atoms with Crippen LogP contribution in [0.5, 0.6) is 5.75 Å². The Kier molecular flexibility index (Phi) is 7.08.